The van der Waals surface area contributed by atoms with Gasteiger partial charge in [0.1, 0.15) is 11.6 Å². The van der Waals surface area contributed by atoms with Gasteiger partial charge in [0.15, 0.2) is 17.1 Å². The molecule has 1 amide bonds. The average Bonchev–Trinajstić information content (AvgIpc) is 3.06. The molecule has 0 radical (unpaired) electrons. The molecule has 0 saturated carbocycles. The number of nitrogens with zero attached hydrogens (tertiary/aromatic N) is 3. The van der Waals surface area contributed by atoms with Crippen LogP contribution in [0.1, 0.15) is 24.4 Å². The minimum Gasteiger partial charge on any atom is -0.481 e. The van der Waals surface area contributed by atoms with Gasteiger partial charge in [-0.05, 0) is 49.7 Å². The fraction of sp³-hybridized carbons (Fsp3) is 0.250. The molecule has 3 aromatic rings. The SMILES string of the molecule is Cc1ccc(Cl)c(OC(C)c2nnc(SCC(=O)Nc3ccc(F)c(Cl)c3)n2C)c1. The molecule has 0 aliphatic rings. The van der Waals surface area contributed by atoms with Crippen molar-refractivity contribution in [3.63, 3.8) is 0 Å². The summed E-state index contributed by atoms with van der Waals surface area (Å²) in [6.45, 7) is 3.80. The maximum atomic E-state index is 13.2. The number of benzene rings is 2. The highest BCUT2D eigenvalue weighted by molar-refractivity contribution is 7.99. The number of ether oxygens (including phenoxy) is 1. The van der Waals surface area contributed by atoms with Crippen molar-refractivity contribution in [1.29, 1.82) is 0 Å². The summed E-state index contributed by atoms with van der Waals surface area (Å²) >= 11 is 13.1. The summed E-state index contributed by atoms with van der Waals surface area (Å²) in [5.41, 5.74) is 1.45. The van der Waals surface area contributed by atoms with Gasteiger partial charge >= 0.3 is 0 Å². The number of carbonyl (C=O) groups excluding carboxylic acids is 1. The number of nitrogens with one attached hydrogen (secondary N) is 1. The van der Waals surface area contributed by atoms with Crippen molar-refractivity contribution in [2.24, 2.45) is 7.05 Å². The number of halogens is 3. The molecule has 0 aliphatic carbocycles. The molecule has 0 bridgehead atoms. The van der Waals surface area contributed by atoms with E-state index in [4.69, 9.17) is 27.9 Å². The molecule has 0 spiro atoms. The van der Waals surface area contributed by atoms with Gasteiger partial charge in [-0.2, -0.15) is 0 Å². The van der Waals surface area contributed by atoms with Gasteiger partial charge in [0.05, 0.1) is 15.8 Å². The molecule has 158 valence electrons. The summed E-state index contributed by atoms with van der Waals surface area (Å²) in [6.07, 6.45) is -0.397. The number of aryl methyl sites for hydroxylation is 1. The number of rotatable bonds is 7. The van der Waals surface area contributed by atoms with Crippen molar-refractivity contribution in [1.82, 2.24) is 14.8 Å². The number of anilines is 1. The largest absolute Gasteiger partial charge is 0.481 e. The Morgan fingerprint density at radius 3 is 2.73 bits per heavy atom. The van der Waals surface area contributed by atoms with Crippen LogP contribution < -0.4 is 10.1 Å². The summed E-state index contributed by atoms with van der Waals surface area (Å²) in [7, 11) is 1.80. The molecule has 1 unspecified atom stereocenters. The number of amides is 1. The molecule has 1 heterocycles. The Bertz CT molecular complexity index is 1080. The third-order valence-electron chi connectivity index (χ3n) is 4.16. The van der Waals surface area contributed by atoms with Crippen LogP contribution in [0.3, 0.4) is 0 Å². The second kappa shape index (κ2) is 9.68. The molecule has 6 nitrogen and oxygen atoms in total. The van der Waals surface area contributed by atoms with Crippen LogP contribution in [0.4, 0.5) is 10.1 Å². The molecule has 1 atom stereocenters. The van der Waals surface area contributed by atoms with E-state index in [1.807, 2.05) is 26.0 Å². The van der Waals surface area contributed by atoms with E-state index in [-0.39, 0.29) is 16.7 Å². The maximum absolute atomic E-state index is 13.2. The molecule has 30 heavy (non-hydrogen) atoms. The summed E-state index contributed by atoms with van der Waals surface area (Å²) in [5.74, 6) is 0.446. The monoisotopic (exact) mass is 468 g/mol. The van der Waals surface area contributed by atoms with Crippen LogP contribution >= 0.6 is 35.0 Å². The van der Waals surface area contributed by atoms with Crippen LogP contribution in [0, 0.1) is 12.7 Å². The van der Waals surface area contributed by atoms with Gasteiger partial charge in [-0.15, -0.1) is 10.2 Å². The summed E-state index contributed by atoms with van der Waals surface area (Å²) in [5, 5.41) is 12.0. The van der Waals surface area contributed by atoms with Crippen LogP contribution in [0.15, 0.2) is 41.6 Å². The lowest BCUT2D eigenvalue weighted by Crippen LogP contribution is -2.15. The Labute approximate surface area is 187 Å². The Hall–Kier alpha value is -2.29. The van der Waals surface area contributed by atoms with E-state index < -0.39 is 11.9 Å². The van der Waals surface area contributed by atoms with Crippen LogP contribution in [0.2, 0.25) is 10.0 Å². The van der Waals surface area contributed by atoms with Gasteiger partial charge in [0.2, 0.25) is 5.91 Å². The molecule has 10 heteroatoms. The van der Waals surface area contributed by atoms with Crippen molar-refractivity contribution in [3.05, 3.63) is 63.6 Å². The number of hydrogen-bond donors (Lipinski definition) is 1. The predicted octanol–water partition coefficient (Wildman–Crippen LogP) is 5.44. The first-order chi connectivity index (χ1) is 14.2. The second-order valence-electron chi connectivity index (χ2n) is 6.56. The average molecular weight is 469 g/mol. The standard InChI is InChI=1S/C20H19Cl2FN4O2S/c1-11-4-6-14(21)17(8-11)29-12(2)19-25-26-20(27(19)3)30-10-18(28)24-13-5-7-16(23)15(22)9-13/h4-9,12H,10H2,1-3H3,(H,24,28). The van der Waals surface area contributed by atoms with Gasteiger partial charge < -0.3 is 14.6 Å². The van der Waals surface area contributed by atoms with E-state index in [2.05, 4.69) is 15.5 Å². The first kappa shape index (κ1) is 22.4. The molecule has 0 aliphatic heterocycles. The summed E-state index contributed by atoms with van der Waals surface area (Å²) < 4.78 is 20.9. The quantitative estimate of drug-likeness (QED) is 0.467. The lowest BCUT2D eigenvalue weighted by molar-refractivity contribution is -0.113. The Morgan fingerprint density at radius 2 is 2.00 bits per heavy atom. The topological polar surface area (TPSA) is 69.0 Å². The van der Waals surface area contributed by atoms with Gasteiger partial charge in [-0.3, -0.25) is 4.79 Å². The maximum Gasteiger partial charge on any atom is 0.234 e. The molecule has 0 saturated heterocycles. The van der Waals surface area contributed by atoms with E-state index in [0.29, 0.717) is 27.4 Å². The molecular weight excluding hydrogens is 450 g/mol. The minimum absolute atomic E-state index is 0.0545. The zero-order chi connectivity index (χ0) is 21.8. The van der Waals surface area contributed by atoms with Crippen molar-refractivity contribution in [3.8, 4) is 5.75 Å². The normalized spacial score (nSPS) is 11.9. The molecule has 3 rings (SSSR count). The summed E-state index contributed by atoms with van der Waals surface area (Å²) in [6, 6.07) is 9.54. The van der Waals surface area contributed by atoms with E-state index in [1.54, 1.807) is 17.7 Å². The first-order valence-electron chi connectivity index (χ1n) is 8.94. The third-order valence-corrected chi connectivity index (χ3v) is 5.78. The highest BCUT2D eigenvalue weighted by Gasteiger charge is 2.19. The van der Waals surface area contributed by atoms with Crippen molar-refractivity contribution < 1.29 is 13.9 Å². The van der Waals surface area contributed by atoms with Gasteiger partial charge in [-0.1, -0.05) is 41.0 Å². The molecule has 0 fully saturated rings. The molecular formula is C20H19Cl2FN4O2S. The van der Waals surface area contributed by atoms with Crippen LogP contribution in [0.25, 0.3) is 0 Å². The zero-order valence-corrected chi connectivity index (χ0v) is 18.8. The number of thioether (sulfide) groups is 1. The fourth-order valence-corrected chi connectivity index (χ4v) is 3.71. The minimum atomic E-state index is -0.543. The van der Waals surface area contributed by atoms with E-state index in [9.17, 15) is 9.18 Å². The second-order valence-corrected chi connectivity index (χ2v) is 8.32. The predicted molar refractivity (Wildman–Crippen MR) is 117 cm³/mol. The van der Waals surface area contributed by atoms with Crippen molar-refractivity contribution >= 4 is 46.6 Å². The Balaban J connectivity index is 1.61. The van der Waals surface area contributed by atoms with Crippen molar-refractivity contribution in [2.75, 3.05) is 11.1 Å². The van der Waals surface area contributed by atoms with E-state index in [1.165, 1.54) is 30.0 Å². The Kier molecular flexibility index (Phi) is 7.23. The van der Waals surface area contributed by atoms with Gasteiger partial charge in [-0.25, -0.2) is 4.39 Å². The van der Waals surface area contributed by atoms with Crippen LogP contribution in [0.5, 0.6) is 5.75 Å². The van der Waals surface area contributed by atoms with Crippen molar-refractivity contribution in [2.45, 2.75) is 25.1 Å². The number of carbonyl (C=O) groups is 1. The molecule has 1 N–H and O–H groups in total. The molecule has 2 aromatic carbocycles. The van der Waals surface area contributed by atoms with Gasteiger partial charge in [0, 0.05) is 12.7 Å². The summed E-state index contributed by atoms with van der Waals surface area (Å²) in [4.78, 5) is 12.2. The highest BCUT2D eigenvalue weighted by atomic mass is 35.5. The van der Waals surface area contributed by atoms with Crippen LogP contribution in [-0.4, -0.2) is 26.4 Å². The highest BCUT2D eigenvalue weighted by Crippen LogP contribution is 2.30. The first-order valence-corrected chi connectivity index (χ1v) is 10.7. The number of aromatic nitrogens is 3. The van der Waals surface area contributed by atoms with E-state index in [0.717, 1.165) is 5.56 Å². The van der Waals surface area contributed by atoms with E-state index >= 15 is 0 Å². The number of hydrogen-bond acceptors (Lipinski definition) is 5. The lowest BCUT2D eigenvalue weighted by atomic mass is 10.2. The molecule has 1 aromatic heterocycles. The lowest BCUT2D eigenvalue weighted by Gasteiger charge is -2.15. The smallest absolute Gasteiger partial charge is 0.234 e. The van der Waals surface area contributed by atoms with Crippen LogP contribution in [-0.2, 0) is 11.8 Å². The fourth-order valence-electron chi connectivity index (χ4n) is 2.65. The zero-order valence-electron chi connectivity index (χ0n) is 16.4. The Morgan fingerprint density at radius 1 is 1.23 bits per heavy atom. The third kappa shape index (κ3) is 5.44. The van der Waals surface area contributed by atoms with Gasteiger partial charge in [0.25, 0.3) is 0 Å².